The highest BCUT2D eigenvalue weighted by Crippen LogP contribution is 2.32. The molecule has 2 heterocycles. The summed E-state index contributed by atoms with van der Waals surface area (Å²) in [6, 6.07) is 8.01. The zero-order valence-corrected chi connectivity index (χ0v) is 19.8. The van der Waals surface area contributed by atoms with Crippen molar-refractivity contribution in [3.8, 4) is 0 Å². The predicted molar refractivity (Wildman–Crippen MR) is 136 cm³/mol. The van der Waals surface area contributed by atoms with E-state index in [1.54, 1.807) is 19.2 Å². The summed E-state index contributed by atoms with van der Waals surface area (Å²) in [5.74, 6) is 0.503. The molecule has 0 aliphatic carbocycles. The monoisotopic (exact) mass is 482 g/mol. The van der Waals surface area contributed by atoms with Gasteiger partial charge in [-0.05, 0) is 81.1 Å². The van der Waals surface area contributed by atoms with Crippen molar-refractivity contribution >= 4 is 51.3 Å². The van der Waals surface area contributed by atoms with Crippen LogP contribution in [0.3, 0.4) is 0 Å². The smallest absolute Gasteiger partial charge is 0.248 e. The van der Waals surface area contributed by atoms with Crippen molar-refractivity contribution in [2.24, 2.45) is 5.92 Å². The lowest BCUT2D eigenvalue weighted by atomic mass is 9.95. The number of benzene rings is 2. The molecule has 7 nitrogen and oxygen atoms in total. The van der Waals surface area contributed by atoms with Gasteiger partial charge < -0.3 is 21.3 Å². The summed E-state index contributed by atoms with van der Waals surface area (Å²) in [5, 5.41) is 13.3. The molecule has 0 radical (unpaired) electrons. The van der Waals surface area contributed by atoms with E-state index < -0.39 is 5.82 Å². The Morgan fingerprint density at radius 3 is 2.91 bits per heavy atom. The standard InChI is InChI=1S/C25H28ClFN6O/c1-28-22-13-21-18(25(31-15-30-21)32-17-8-9-20(27)19(26)11-17)12-23(22)33-24(34)7-3-2-5-16-6-4-10-29-14-16/h3,7-9,11-13,15-16,28-29H,2,4-6,10,14H2,1H3,(H,33,34)(H,30,31,32). The number of piperidine rings is 1. The van der Waals surface area contributed by atoms with Crippen LogP contribution >= 0.6 is 11.6 Å². The van der Waals surface area contributed by atoms with Crippen LogP contribution in [0.1, 0.15) is 25.7 Å². The fourth-order valence-electron chi connectivity index (χ4n) is 4.09. The van der Waals surface area contributed by atoms with Gasteiger partial charge in [0.15, 0.2) is 0 Å². The van der Waals surface area contributed by atoms with Gasteiger partial charge >= 0.3 is 0 Å². The first-order valence-corrected chi connectivity index (χ1v) is 11.8. The van der Waals surface area contributed by atoms with Crippen LogP contribution in [0.2, 0.25) is 5.02 Å². The number of hydrogen-bond acceptors (Lipinski definition) is 6. The summed E-state index contributed by atoms with van der Waals surface area (Å²) in [6.45, 7) is 2.17. The highest BCUT2D eigenvalue weighted by Gasteiger charge is 2.13. The van der Waals surface area contributed by atoms with Crippen LogP contribution < -0.4 is 21.3 Å². The number of aromatic nitrogens is 2. The Balaban J connectivity index is 1.49. The Bertz CT molecular complexity index is 1200. The molecule has 1 unspecified atom stereocenters. The number of halogens is 2. The molecule has 1 fully saturated rings. The lowest BCUT2D eigenvalue weighted by Gasteiger charge is -2.21. The van der Waals surface area contributed by atoms with E-state index in [1.807, 2.05) is 18.2 Å². The number of rotatable bonds is 8. The molecule has 4 N–H and O–H groups in total. The zero-order chi connectivity index (χ0) is 23.9. The van der Waals surface area contributed by atoms with Gasteiger partial charge in [-0.15, -0.1) is 0 Å². The van der Waals surface area contributed by atoms with Gasteiger partial charge in [0.25, 0.3) is 0 Å². The van der Waals surface area contributed by atoms with E-state index in [0.29, 0.717) is 34.0 Å². The van der Waals surface area contributed by atoms with E-state index in [-0.39, 0.29) is 10.9 Å². The number of carbonyl (C=O) groups is 1. The second-order valence-electron chi connectivity index (χ2n) is 8.32. The van der Waals surface area contributed by atoms with Crippen LogP contribution in [0.25, 0.3) is 10.9 Å². The predicted octanol–water partition coefficient (Wildman–Crippen LogP) is 5.48. The van der Waals surface area contributed by atoms with Gasteiger partial charge in [0, 0.05) is 18.1 Å². The quantitative estimate of drug-likeness (QED) is 0.318. The highest BCUT2D eigenvalue weighted by atomic mass is 35.5. The van der Waals surface area contributed by atoms with E-state index in [0.717, 1.165) is 31.6 Å². The molecule has 2 aromatic carbocycles. The second-order valence-corrected chi connectivity index (χ2v) is 8.73. The van der Waals surface area contributed by atoms with Crippen LogP contribution in [-0.2, 0) is 4.79 Å². The minimum absolute atomic E-state index is 0.0142. The van der Waals surface area contributed by atoms with Gasteiger partial charge in [0.1, 0.15) is 18.0 Å². The van der Waals surface area contributed by atoms with E-state index in [4.69, 9.17) is 11.6 Å². The number of nitrogens with one attached hydrogen (secondary N) is 4. The van der Waals surface area contributed by atoms with Gasteiger partial charge in [-0.1, -0.05) is 17.7 Å². The van der Waals surface area contributed by atoms with Crippen LogP contribution in [0, 0.1) is 11.7 Å². The van der Waals surface area contributed by atoms with Crippen molar-refractivity contribution in [1.82, 2.24) is 15.3 Å². The van der Waals surface area contributed by atoms with Crippen LogP contribution in [0.5, 0.6) is 0 Å². The fraction of sp³-hybridized carbons (Fsp3) is 0.320. The maximum Gasteiger partial charge on any atom is 0.248 e. The largest absolute Gasteiger partial charge is 0.386 e. The molecule has 0 spiro atoms. The van der Waals surface area contributed by atoms with Gasteiger partial charge in [-0.3, -0.25) is 4.79 Å². The zero-order valence-electron chi connectivity index (χ0n) is 19.0. The van der Waals surface area contributed by atoms with Crippen LogP contribution in [0.15, 0.2) is 48.8 Å². The molecule has 0 saturated carbocycles. The molecule has 1 aliphatic heterocycles. The molecule has 1 aromatic heterocycles. The lowest BCUT2D eigenvalue weighted by molar-refractivity contribution is -0.111. The number of anilines is 4. The van der Waals surface area contributed by atoms with Gasteiger partial charge in [-0.2, -0.15) is 0 Å². The Labute approximate surface area is 203 Å². The Kier molecular flexibility index (Phi) is 7.92. The Morgan fingerprint density at radius 2 is 2.15 bits per heavy atom. The Hall–Kier alpha value is -3.23. The van der Waals surface area contributed by atoms with E-state index in [9.17, 15) is 9.18 Å². The van der Waals surface area contributed by atoms with Gasteiger partial charge in [-0.25, -0.2) is 14.4 Å². The van der Waals surface area contributed by atoms with E-state index in [2.05, 4.69) is 31.2 Å². The molecule has 9 heteroatoms. The number of allylic oxidation sites excluding steroid dienone is 1. The summed E-state index contributed by atoms with van der Waals surface area (Å²) >= 11 is 5.90. The molecular formula is C25H28ClFN6O. The molecule has 34 heavy (non-hydrogen) atoms. The van der Waals surface area contributed by atoms with Gasteiger partial charge in [0.05, 0.1) is 21.9 Å². The van der Waals surface area contributed by atoms with Crippen molar-refractivity contribution < 1.29 is 9.18 Å². The third kappa shape index (κ3) is 6.01. The summed E-state index contributed by atoms with van der Waals surface area (Å²) in [6.07, 6.45) is 9.38. The maximum atomic E-state index is 13.5. The fourth-order valence-corrected chi connectivity index (χ4v) is 4.27. The molecule has 3 aromatic rings. The third-order valence-corrected chi connectivity index (χ3v) is 6.18. The summed E-state index contributed by atoms with van der Waals surface area (Å²) in [7, 11) is 1.78. The number of carbonyl (C=O) groups excluding carboxylic acids is 1. The molecule has 0 bridgehead atoms. The molecule has 1 aliphatic rings. The molecule has 1 saturated heterocycles. The molecule has 1 amide bonds. The normalized spacial score (nSPS) is 16.0. The van der Waals surface area contributed by atoms with Crippen molar-refractivity contribution in [2.45, 2.75) is 25.7 Å². The van der Waals surface area contributed by atoms with Crippen molar-refractivity contribution in [1.29, 1.82) is 0 Å². The molecular weight excluding hydrogens is 455 g/mol. The number of fused-ring (bicyclic) bond motifs is 1. The summed E-state index contributed by atoms with van der Waals surface area (Å²) in [4.78, 5) is 21.2. The third-order valence-electron chi connectivity index (χ3n) is 5.89. The Morgan fingerprint density at radius 1 is 1.26 bits per heavy atom. The minimum Gasteiger partial charge on any atom is -0.386 e. The first-order chi connectivity index (χ1) is 16.5. The van der Waals surface area contributed by atoms with Crippen molar-refractivity contribution in [3.63, 3.8) is 0 Å². The van der Waals surface area contributed by atoms with Gasteiger partial charge in [0.2, 0.25) is 5.91 Å². The first-order valence-electron chi connectivity index (χ1n) is 11.4. The first kappa shape index (κ1) is 23.9. The van der Waals surface area contributed by atoms with Crippen molar-refractivity contribution in [3.05, 3.63) is 59.7 Å². The maximum absolute atomic E-state index is 13.5. The van der Waals surface area contributed by atoms with Crippen LogP contribution in [0.4, 0.5) is 27.3 Å². The minimum atomic E-state index is -0.494. The van der Waals surface area contributed by atoms with E-state index >= 15 is 0 Å². The number of nitrogens with zero attached hydrogens (tertiary/aromatic N) is 2. The average Bonchev–Trinajstić information content (AvgIpc) is 2.85. The average molecular weight is 483 g/mol. The summed E-state index contributed by atoms with van der Waals surface area (Å²) < 4.78 is 13.5. The number of amides is 1. The van der Waals surface area contributed by atoms with Crippen molar-refractivity contribution in [2.75, 3.05) is 36.1 Å². The summed E-state index contributed by atoms with van der Waals surface area (Å²) in [5.41, 5.74) is 2.61. The SMILES string of the molecule is CNc1cc2ncnc(Nc3ccc(F)c(Cl)c3)c2cc1NC(=O)C=CCCC1CCCNC1. The topological polar surface area (TPSA) is 91.0 Å². The lowest BCUT2D eigenvalue weighted by Crippen LogP contribution is -2.29. The number of hydrogen-bond donors (Lipinski definition) is 4. The molecule has 4 rings (SSSR count). The van der Waals surface area contributed by atoms with Crippen LogP contribution in [-0.4, -0.2) is 36.0 Å². The van der Waals surface area contributed by atoms with E-state index in [1.165, 1.54) is 31.3 Å². The molecule has 1 atom stereocenters. The highest BCUT2D eigenvalue weighted by molar-refractivity contribution is 6.31. The second kappa shape index (κ2) is 11.3. The molecule has 178 valence electrons.